The van der Waals surface area contributed by atoms with Crippen molar-refractivity contribution in [3.8, 4) is 11.8 Å². The van der Waals surface area contributed by atoms with Crippen molar-refractivity contribution in [3.05, 3.63) is 111 Å². The molecule has 5 aliphatic heterocycles. The summed E-state index contributed by atoms with van der Waals surface area (Å²) in [6.07, 6.45) is 8.75. The fourth-order valence-electron chi connectivity index (χ4n) is 10.7. The summed E-state index contributed by atoms with van der Waals surface area (Å²) in [7, 11) is 0. The summed E-state index contributed by atoms with van der Waals surface area (Å²) in [6, 6.07) is 22.2. The average molecular weight is 898 g/mol. The standard InChI is InChI=1S/C51H57ClN8O5/c1-32(65-41-7-4-37(5-8-41)51(2,3)38-26-34(30-53)27-39(52)28-38)44-12-19-54-50(55-44)59-24-17-36(18-25-59)35-15-20-57(21-16-35)31-33-13-22-58(23-14-33)40-6-9-42-43(29-40)49(64)60(48(42)63)45-10-11-46(61)56-47(45)62/h4-9,12,19,26-29,32-33,35-36,45H,10-11,13-18,20-25,31H2,1-3H3,(H,56,61,62). The number of likely N-dealkylation sites (tertiary alicyclic amines) is 1. The van der Waals surface area contributed by atoms with Crippen LogP contribution in [0.25, 0.3) is 0 Å². The Morgan fingerprint density at radius 3 is 2.17 bits per heavy atom. The number of nitriles is 1. The molecule has 1 aromatic heterocycles. The van der Waals surface area contributed by atoms with E-state index in [4.69, 9.17) is 21.3 Å². The molecule has 3 aromatic carbocycles. The second-order valence-electron chi connectivity index (χ2n) is 19.1. The largest absolute Gasteiger partial charge is 0.484 e. The van der Waals surface area contributed by atoms with Crippen molar-refractivity contribution in [2.75, 3.05) is 55.6 Å². The minimum Gasteiger partial charge on any atom is -0.484 e. The predicted octanol–water partition coefficient (Wildman–Crippen LogP) is 7.71. The van der Waals surface area contributed by atoms with Gasteiger partial charge in [0, 0.05) is 61.5 Å². The molecule has 65 heavy (non-hydrogen) atoms. The Morgan fingerprint density at radius 2 is 1.48 bits per heavy atom. The van der Waals surface area contributed by atoms with Crippen LogP contribution in [0.4, 0.5) is 11.6 Å². The van der Waals surface area contributed by atoms with Crippen LogP contribution in [0.15, 0.2) is 72.9 Å². The van der Waals surface area contributed by atoms with Gasteiger partial charge in [-0.2, -0.15) is 5.26 Å². The van der Waals surface area contributed by atoms with Gasteiger partial charge in [0.2, 0.25) is 17.8 Å². The van der Waals surface area contributed by atoms with Crippen LogP contribution in [0.1, 0.15) is 121 Å². The lowest BCUT2D eigenvalue weighted by Crippen LogP contribution is -2.54. The second kappa shape index (κ2) is 18.6. The van der Waals surface area contributed by atoms with E-state index in [1.807, 2.05) is 49.5 Å². The van der Waals surface area contributed by atoms with E-state index in [1.165, 1.54) is 12.8 Å². The average Bonchev–Trinajstić information content (AvgIpc) is 3.57. The van der Waals surface area contributed by atoms with Gasteiger partial charge in [0.1, 0.15) is 17.9 Å². The van der Waals surface area contributed by atoms with Crippen LogP contribution >= 0.6 is 11.6 Å². The lowest BCUT2D eigenvalue weighted by Gasteiger charge is -2.42. The van der Waals surface area contributed by atoms with E-state index < -0.39 is 23.8 Å². The molecule has 13 nitrogen and oxygen atoms in total. The Bertz CT molecular complexity index is 2500. The van der Waals surface area contributed by atoms with E-state index >= 15 is 0 Å². The number of carbonyl (C=O) groups excluding carboxylic acids is 4. The number of amides is 4. The summed E-state index contributed by atoms with van der Waals surface area (Å²) in [5.74, 6) is 1.70. The van der Waals surface area contributed by atoms with Crippen LogP contribution in [0.5, 0.6) is 5.75 Å². The quantitative estimate of drug-likeness (QED) is 0.147. The van der Waals surface area contributed by atoms with Crippen molar-refractivity contribution in [1.29, 1.82) is 5.26 Å². The molecule has 0 radical (unpaired) electrons. The summed E-state index contributed by atoms with van der Waals surface area (Å²) >= 11 is 6.33. The third-order valence-electron chi connectivity index (χ3n) is 14.8. The molecule has 4 amide bonds. The molecule has 338 valence electrons. The summed E-state index contributed by atoms with van der Waals surface area (Å²) in [5.41, 5.74) is 4.69. The highest BCUT2D eigenvalue weighted by Gasteiger charge is 2.45. The molecule has 2 unspecified atom stereocenters. The van der Waals surface area contributed by atoms with Crippen LogP contribution in [-0.2, 0) is 15.0 Å². The van der Waals surface area contributed by atoms with Crippen molar-refractivity contribution >= 4 is 46.9 Å². The highest BCUT2D eigenvalue weighted by atomic mass is 35.5. The first-order valence-electron chi connectivity index (χ1n) is 23.2. The lowest BCUT2D eigenvalue weighted by molar-refractivity contribution is -0.136. The number of halogens is 1. The zero-order valence-corrected chi connectivity index (χ0v) is 38.2. The van der Waals surface area contributed by atoms with Crippen LogP contribution in [0.2, 0.25) is 5.02 Å². The van der Waals surface area contributed by atoms with Gasteiger partial charge in [-0.05, 0) is 148 Å². The number of anilines is 2. The van der Waals surface area contributed by atoms with E-state index in [2.05, 4.69) is 57.0 Å². The zero-order chi connectivity index (χ0) is 45.4. The van der Waals surface area contributed by atoms with Crippen molar-refractivity contribution in [2.24, 2.45) is 17.8 Å². The molecule has 14 heteroatoms. The minimum absolute atomic E-state index is 0.103. The number of imide groups is 2. The normalized spacial score (nSPS) is 21.0. The van der Waals surface area contributed by atoms with Crippen LogP contribution < -0.4 is 19.9 Å². The van der Waals surface area contributed by atoms with Gasteiger partial charge in [0.15, 0.2) is 0 Å². The SMILES string of the molecule is CC(Oc1ccc(C(C)(C)c2cc(Cl)cc(C#N)c2)cc1)c1ccnc(N2CCC(C3CCN(CC4CCN(c5ccc6c(c5)C(=O)N(C5CCC(=O)NC5=O)C6=O)CC4)CC3)CC2)n1. The van der Waals surface area contributed by atoms with E-state index in [0.717, 1.165) is 117 Å². The number of ether oxygens (including phenoxy) is 1. The maximum absolute atomic E-state index is 13.4. The molecular weight excluding hydrogens is 840 g/mol. The number of nitrogens with zero attached hydrogens (tertiary/aromatic N) is 7. The smallest absolute Gasteiger partial charge is 0.262 e. The molecule has 6 heterocycles. The molecule has 1 N–H and O–H groups in total. The van der Waals surface area contributed by atoms with Crippen LogP contribution in [0.3, 0.4) is 0 Å². The maximum atomic E-state index is 13.4. The van der Waals surface area contributed by atoms with Crippen molar-refractivity contribution < 1.29 is 23.9 Å². The predicted molar refractivity (Wildman–Crippen MR) is 248 cm³/mol. The molecule has 4 aromatic rings. The molecular formula is C51H57ClN8O5. The Kier molecular flexibility index (Phi) is 12.7. The first-order valence-corrected chi connectivity index (χ1v) is 23.6. The number of nitrogens with one attached hydrogen (secondary N) is 1. The van der Waals surface area contributed by atoms with Gasteiger partial charge in [-0.1, -0.05) is 37.6 Å². The Hall–Kier alpha value is -5.84. The lowest BCUT2D eigenvalue weighted by atomic mass is 9.78. The van der Waals surface area contributed by atoms with E-state index in [9.17, 15) is 24.4 Å². The van der Waals surface area contributed by atoms with Gasteiger partial charge in [0.05, 0.1) is 28.5 Å². The molecule has 2 atom stereocenters. The molecule has 0 aliphatic carbocycles. The maximum Gasteiger partial charge on any atom is 0.262 e. The Balaban J connectivity index is 0.708. The van der Waals surface area contributed by atoms with Gasteiger partial charge >= 0.3 is 0 Å². The number of benzene rings is 3. The van der Waals surface area contributed by atoms with Gasteiger partial charge in [-0.25, -0.2) is 9.97 Å². The van der Waals surface area contributed by atoms with Gasteiger partial charge in [-0.3, -0.25) is 29.4 Å². The molecule has 9 rings (SSSR count). The van der Waals surface area contributed by atoms with Gasteiger partial charge in [0.25, 0.3) is 11.8 Å². The number of hydrogen-bond donors (Lipinski definition) is 1. The van der Waals surface area contributed by atoms with Gasteiger partial charge < -0.3 is 19.4 Å². The molecule has 5 aliphatic rings. The van der Waals surface area contributed by atoms with Crippen molar-refractivity contribution in [3.63, 3.8) is 0 Å². The number of fused-ring (bicyclic) bond motifs is 1. The van der Waals surface area contributed by atoms with Crippen molar-refractivity contribution in [1.82, 2.24) is 25.1 Å². The van der Waals surface area contributed by atoms with E-state index in [1.54, 1.807) is 18.2 Å². The first-order chi connectivity index (χ1) is 31.3. The number of hydrogen-bond acceptors (Lipinski definition) is 11. The van der Waals surface area contributed by atoms with Crippen LogP contribution in [0, 0.1) is 29.1 Å². The summed E-state index contributed by atoms with van der Waals surface area (Å²) in [5, 5.41) is 12.3. The van der Waals surface area contributed by atoms with E-state index in [0.29, 0.717) is 33.5 Å². The van der Waals surface area contributed by atoms with Gasteiger partial charge in [-0.15, -0.1) is 0 Å². The topological polar surface area (TPSA) is 152 Å². The van der Waals surface area contributed by atoms with Crippen LogP contribution in [-0.4, -0.2) is 95.3 Å². The third kappa shape index (κ3) is 9.34. The fraction of sp³-hybridized carbons (Fsp3) is 0.471. The molecule has 0 saturated carbocycles. The fourth-order valence-corrected chi connectivity index (χ4v) is 10.9. The molecule has 4 fully saturated rings. The summed E-state index contributed by atoms with van der Waals surface area (Å²) in [6.45, 7) is 13.4. The number of aromatic nitrogens is 2. The number of piperidine rings is 4. The first kappa shape index (κ1) is 44.4. The Labute approximate surface area is 386 Å². The molecule has 0 bridgehead atoms. The summed E-state index contributed by atoms with van der Waals surface area (Å²) in [4.78, 5) is 68.7. The third-order valence-corrected chi connectivity index (χ3v) is 15.0. The number of rotatable bonds is 11. The zero-order valence-electron chi connectivity index (χ0n) is 37.5. The Morgan fingerprint density at radius 1 is 0.800 bits per heavy atom. The number of carbonyl (C=O) groups is 4. The highest BCUT2D eigenvalue weighted by Crippen LogP contribution is 2.38. The highest BCUT2D eigenvalue weighted by molar-refractivity contribution is 6.30. The summed E-state index contributed by atoms with van der Waals surface area (Å²) < 4.78 is 6.37. The second-order valence-corrected chi connectivity index (χ2v) is 19.5. The minimum atomic E-state index is -0.959. The molecule has 0 spiro atoms. The monoisotopic (exact) mass is 896 g/mol. The molecule has 4 saturated heterocycles. The van der Waals surface area contributed by atoms with Crippen molar-refractivity contribution in [2.45, 2.75) is 89.7 Å². The van der Waals surface area contributed by atoms with E-state index in [-0.39, 0.29) is 30.3 Å².